The van der Waals surface area contributed by atoms with E-state index in [-0.39, 0.29) is 22.2 Å². The molecule has 0 aromatic heterocycles. The molecule has 0 N–H and O–H groups in total. The van der Waals surface area contributed by atoms with Gasteiger partial charge in [0.2, 0.25) is 0 Å². The third-order valence-corrected chi connectivity index (χ3v) is 6.36. The van der Waals surface area contributed by atoms with Crippen molar-refractivity contribution in [2.75, 3.05) is 0 Å². The average Bonchev–Trinajstić information content (AvgIpc) is 2.53. The van der Waals surface area contributed by atoms with Crippen molar-refractivity contribution in [3.8, 4) is 0 Å². The first-order valence-electron chi connectivity index (χ1n) is 7.20. The van der Waals surface area contributed by atoms with E-state index in [0.717, 1.165) is 11.1 Å². The quantitative estimate of drug-likeness (QED) is 0.844. The van der Waals surface area contributed by atoms with Gasteiger partial charge in [-0.15, -0.1) is 0 Å². The van der Waals surface area contributed by atoms with Crippen molar-refractivity contribution >= 4 is 16.6 Å². The van der Waals surface area contributed by atoms with Crippen LogP contribution >= 0.6 is 0 Å². The molecule has 21 heavy (non-hydrogen) atoms. The van der Waals surface area contributed by atoms with Crippen molar-refractivity contribution in [1.29, 1.82) is 0 Å². The van der Waals surface area contributed by atoms with Gasteiger partial charge in [-0.1, -0.05) is 67.6 Å². The zero-order valence-electron chi connectivity index (χ0n) is 11.9. The van der Waals surface area contributed by atoms with Gasteiger partial charge < -0.3 is 0 Å². The van der Waals surface area contributed by atoms with E-state index >= 15 is 0 Å². The largest absolute Gasteiger partial charge is 0.299 e. The van der Waals surface area contributed by atoms with E-state index < -0.39 is 10.8 Å². The second-order valence-electron chi connectivity index (χ2n) is 5.52. The summed E-state index contributed by atoms with van der Waals surface area (Å²) in [6.45, 7) is 1.90. The monoisotopic (exact) mass is 298 g/mol. The van der Waals surface area contributed by atoms with Crippen LogP contribution in [0.4, 0.5) is 0 Å². The van der Waals surface area contributed by atoms with Crippen molar-refractivity contribution < 1.29 is 9.00 Å². The Morgan fingerprint density at radius 3 is 2.00 bits per heavy atom. The topological polar surface area (TPSA) is 34.1 Å². The summed E-state index contributed by atoms with van der Waals surface area (Å²) >= 11 is 0. The van der Waals surface area contributed by atoms with Gasteiger partial charge >= 0.3 is 0 Å². The van der Waals surface area contributed by atoms with Crippen LogP contribution in [0.15, 0.2) is 60.7 Å². The number of carbonyl (C=O) groups is 1. The number of hydrogen-bond acceptors (Lipinski definition) is 2. The Labute approximate surface area is 127 Å². The number of carbonyl (C=O) groups excluding carboxylic acids is 1. The van der Waals surface area contributed by atoms with Gasteiger partial charge in [-0.3, -0.25) is 9.00 Å². The molecule has 1 saturated heterocycles. The Morgan fingerprint density at radius 1 is 0.905 bits per heavy atom. The molecular formula is C18H18O2S. The highest BCUT2D eigenvalue weighted by atomic mass is 32.2. The van der Waals surface area contributed by atoms with Crippen LogP contribution in [-0.4, -0.2) is 9.99 Å². The highest BCUT2D eigenvalue weighted by Gasteiger charge is 2.41. The summed E-state index contributed by atoms with van der Waals surface area (Å²) in [6.07, 6.45) is 0.376. The van der Waals surface area contributed by atoms with Crippen LogP contribution in [0.1, 0.15) is 35.0 Å². The van der Waals surface area contributed by atoms with Crippen LogP contribution in [0.25, 0.3) is 0 Å². The summed E-state index contributed by atoms with van der Waals surface area (Å²) in [7, 11) is -1.09. The van der Waals surface area contributed by atoms with Gasteiger partial charge in [0.1, 0.15) is 5.78 Å². The number of benzene rings is 2. The third-order valence-electron chi connectivity index (χ3n) is 4.18. The molecule has 1 aliphatic heterocycles. The Balaban J connectivity index is 2.00. The normalized spacial score (nSPS) is 29.3. The van der Waals surface area contributed by atoms with Gasteiger partial charge in [0, 0.05) is 23.1 Å². The maximum atomic E-state index is 13.0. The second-order valence-corrected chi connectivity index (χ2v) is 7.25. The zero-order valence-corrected chi connectivity index (χ0v) is 12.8. The van der Waals surface area contributed by atoms with Gasteiger partial charge in [-0.25, -0.2) is 0 Å². The van der Waals surface area contributed by atoms with Crippen LogP contribution < -0.4 is 0 Å². The van der Waals surface area contributed by atoms with Crippen molar-refractivity contribution in [2.45, 2.75) is 23.8 Å². The molecule has 0 aliphatic carbocycles. The molecule has 1 heterocycles. The predicted molar refractivity (Wildman–Crippen MR) is 85.3 cm³/mol. The Kier molecular flexibility index (Phi) is 4.02. The average molecular weight is 298 g/mol. The Hall–Kier alpha value is -1.74. The lowest BCUT2D eigenvalue weighted by atomic mass is 9.92. The molecule has 108 valence electrons. The van der Waals surface area contributed by atoms with Crippen molar-refractivity contribution in [2.24, 2.45) is 5.92 Å². The Bertz CT molecular complexity index is 651. The lowest BCUT2D eigenvalue weighted by molar-refractivity contribution is -0.122. The fourth-order valence-corrected chi connectivity index (χ4v) is 5.07. The first-order chi connectivity index (χ1) is 10.2. The molecule has 2 aromatic rings. The summed E-state index contributed by atoms with van der Waals surface area (Å²) in [5, 5.41) is -0.405. The SMILES string of the molecule is C[C@@H]1C(=O)CC(c2ccccc2)S(=O)[C@H]1c1ccccc1. The fraction of sp³-hybridized carbons (Fsp3) is 0.278. The summed E-state index contributed by atoms with van der Waals surface area (Å²) in [4.78, 5) is 12.4. The van der Waals surface area contributed by atoms with Gasteiger partial charge in [-0.2, -0.15) is 0 Å². The Morgan fingerprint density at radius 2 is 1.43 bits per heavy atom. The maximum absolute atomic E-state index is 13.0. The molecule has 1 fully saturated rings. The molecule has 4 atom stereocenters. The summed E-state index contributed by atoms with van der Waals surface area (Å²) in [5.74, 6) is 0.0190. The van der Waals surface area contributed by atoms with Crippen LogP contribution in [0, 0.1) is 5.92 Å². The molecule has 0 radical (unpaired) electrons. The molecule has 1 aliphatic rings. The zero-order chi connectivity index (χ0) is 14.8. The highest BCUT2D eigenvalue weighted by molar-refractivity contribution is 7.85. The molecule has 2 aromatic carbocycles. The highest BCUT2D eigenvalue weighted by Crippen LogP contribution is 2.43. The molecule has 2 nitrogen and oxygen atoms in total. The van der Waals surface area contributed by atoms with E-state index in [1.165, 1.54) is 0 Å². The van der Waals surface area contributed by atoms with Gasteiger partial charge in [0.15, 0.2) is 0 Å². The standard InChI is InChI=1S/C18H18O2S/c1-13-16(19)12-17(14-8-4-2-5-9-14)21(20)18(13)15-10-6-3-7-11-15/h2-11,13,17-18H,12H2,1H3/t13-,17?,18-,21?/m1/s1. The lowest BCUT2D eigenvalue weighted by Crippen LogP contribution is -2.33. The third kappa shape index (κ3) is 2.70. The molecule has 0 saturated carbocycles. The van der Waals surface area contributed by atoms with Crippen molar-refractivity contribution in [1.82, 2.24) is 0 Å². The number of Topliss-reactive ketones (excluding diaryl/α,β-unsaturated/α-hetero) is 1. The van der Waals surface area contributed by atoms with Gasteiger partial charge in [-0.05, 0) is 11.1 Å². The number of hydrogen-bond donors (Lipinski definition) is 0. The van der Waals surface area contributed by atoms with Crippen molar-refractivity contribution in [3.05, 3.63) is 71.8 Å². The second kappa shape index (κ2) is 5.94. The van der Waals surface area contributed by atoms with Gasteiger partial charge in [0.05, 0.1) is 10.5 Å². The van der Waals surface area contributed by atoms with Crippen LogP contribution in [0.5, 0.6) is 0 Å². The minimum Gasteiger partial charge on any atom is -0.299 e. The van der Waals surface area contributed by atoms with E-state index in [1.54, 1.807) is 0 Å². The molecule has 3 rings (SSSR count). The molecule has 0 bridgehead atoms. The predicted octanol–water partition coefficient (Wildman–Crippen LogP) is 3.83. The fourth-order valence-electron chi connectivity index (χ4n) is 2.98. The summed E-state index contributed by atoms with van der Waals surface area (Å²) in [5.41, 5.74) is 1.99. The number of ketones is 1. The van der Waals surface area contributed by atoms with Crippen LogP contribution in [0.2, 0.25) is 0 Å². The maximum Gasteiger partial charge on any atom is 0.138 e. The van der Waals surface area contributed by atoms with E-state index in [0.29, 0.717) is 6.42 Å². The van der Waals surface area contributed by atoms with E-state index in [2.05, 4.69) is 0 Å². The van der Waals surface area contributed by atoms with Crippen LogP contribution in [0.3, 0.4) is 0 Å². The summed E-state index contributed by atoms with van der Waals surface area (Å²) in [6, 6.07) is 19.5. The molecule has 3 heteroatoms. The smallest absolute Gasteiger partial charge is 0.138 e. The molecule has 0 spiro atoms. The van der Waals surface area contributed by atoms with E-state index in [9.17, 15) is 9.00 Å². The molecular weight excluding hydrogens is 280 g/mol. The van der Waals surface area contributed by atoms with E-state index in [4.69, 9.17) is 0 Å². The van der Waals surface area contributed by atoms with Crippen molar-refractivity contribution in [3.63, 3.8) is 0 Å². The summed E-state index contributed by atoms with van der Waals surface area (Å²) < 4.78 is 13.0. The first kappa shape index (κ1) is 14.2. The first-order valence-corrected chi connectivity index (χ1v) is 8.48. The van der Waals surface area contributed by atoms with E-state index in [1.807, 2.05) is 67.6 Å². The molecule has 0 amide bonds. The minimum absolute atomic E-state index is 0.187. The van der Waals surface area contributed by atoms with Gasteiger partial charge in [0.25, 0.3) is 0 Å². The number of rotatable bonds is 2. The molecule has 2 unspecified atom stereocenters. The lowest BCUT2D eigenvalue weighted by Gasteiger charge is -2.33. The van der Waals surface area contributed by atoms with Crippen LogP contribution in [-0.2, 0) is 15.6 Å². The minimum atomic E-state index is -1.09.